The lowest BCUT2D eigenvalue weighted by Crippen LogP contribution is -2.61. The third-order valence-corrected chi connectivity index (χ3v) is 16.0. The quantitative estimate of drug-likeness (QED) is 0.164. The molecule has 10 rings (SSSR count). The Morgan fingerprint density at radius 1 is 0.500 bits per heavy atom. The summed E-state index contributed by atoms with van der Waals surface area (Å²) in [6, 6.07) is 39.0. The standard InChI is InChI=1S/C61H71BN2/c1-37-28-53-55-54(29-37)64(50-34-45-43(30-38(50)2)58(9,10)26-27-59(45,11)12)52-35-46-44(60(13,14)36-61(46,15)16)33-48(52)62(55)47-24-22-41(57(6,7)8)32-51(47)63(53)49-25-23-40(56(3,4)5)31-42(49)39-20-18-17-19-21-39/h17-25,28-35H,26-27,36H2,1-16H3/i1D3. The first kappa shape index (κ1) is 39.4. The van der Waals surface area contributed by atoms with E-state index in [9.17, 15) is 4.11 Å². The van der Waals surface area contributed by atoms with Crippen LogP contribution in [0, 0.1) is 13.8 Å². The van der Waals surface area contributed by atoms with Gasteiger partial charge in [0.05, 0.1) is 5.69 Å². The molecule has 4 aliphatic rings. The Labute approximate surface area is 390 Å². The summed E-state index contributed by atoms with van der Waals surface area (Å²) in [6.45, 7) is 32.7. The highest BCUT2D eigenvalue weighted by molar-refractivity contribution is 7.00. The first-order valence-electron chi connectivity index (χ1n) is 25.5. The third-order valence-electron chi connectivity index (χ3n) is 16.0. The van der Waals surface area contributed by atoms with Gasteiger partial charge >= 0.3 is 0 Å². The Morgan fingerprint density at radius 3 is 1.62 bits per heavy atom. The summed E-state index contributed by atoms with van der Waals surface area (Å²) >= 11 is 0. The van der Waals surface area contributed by atoms with Gasteiger partial charge in [0, 0.05) is 38.1 Å². The van der Waals surface area contributed by atoms with Crippen molar-refractivity contribution in [2.75, 3.05) is 9.80 Å². The van der Waals surface area contributed by atoms with Gasteiger partial charge in [0.25, 0.3) is 6.71 Å². The van der Waals surface area contributed by atoms with Crippen LogP contribution in [0.5, 0.6) is 0 Å². The summed E-state index contributed by atoms with van der Waals surface area (Å²) < 4.78 is 27.6. The fourth-order valence-corrected chi connectivity index (χ4v) is 12.4. The van der Waals surface area contributed by atoms with Gasteiger partial charge < -0.3 is 9.80 Å². The van der Waals surface area contributed by atoms with Crippen LogP contribution < -0.4 is 26.2 Å². The van der Waals surface area contributed by atoms with Crippen molar-refractivity contribution in [1.82, 2.24) is 0 Å². The Morgan fingerprint density at radius 2 is 1.02 bits per heavy atom. The first-order chi connectivity index (χ1) is 31.0. The zero-order valence-electron chi connectivity index (χ0n) is 44.4. The van der Waals surface area contributed by atoms with Crippen LogP contribution in [0.4, 0.5) is 34.1 Å². The number of fused-ring (bicyclic) bond motifs is 6. The lowest BCUT2D eigenvalue weighted by molar-refractivity contribution is 0.332. The molecule has 3 heteroatoms. The minimum Gasteiger partial charge on any atom is -0.311 e. The van der Waals surface area contributed by atoms with E-state index in [0.717, 1.165) is 70.0 Å². The van der Waals surface area contributed by atoms with E-state index in [2.05, 4.69) is 205 Å². The largest absolute Gasteiger partial charge is 0.311 e. The maximum atomic E-state index is 9.21. The van der Waals surface area contributed by atoms with Gasteiger partial charge in [-0.1, -0.05) is 158 Å². The van der Waals surface area contributed by atoms with Crippen LogP contribution in [0.25, 0.3) is 11.1 Å². The Hall–Kier alpha value is -5.02. The summed E-state index contributed by atoms with van der Waals surface area (Å²) in [6.07, 6.45) is 3.30. The molecule has 0 atom stereocenters. The van der Waals surface area contributed by atoms with E-state index >= 15 is 0 Å². The zero-order valence-corrected chi connectivity index (χ0v) is 41.4. The van der Waals surface area contributed by atoms with Crippen LogP contribution >= 0.6 is 0 Å². The Balaban J connectivity index is 1.38. The molecule has 2 aliphatic heterocycles. The van der Waals surface area contributed by atoms with Gasteiger partial charge in [-0.15, -0.1) is 0 Å². The molecule has 0 radical (unpaired) electrons. The lowest BCUT2D eigenvalue weighted by atomic mass is 9.33. The molecular weight excluding hydrogens is 771 g/mol. The number of hydrogen-bond acceptors (Lipinski definition) is 2. The molecule has 0 aromatic heterocycles. The van der Waals surface area contributed by atoms with E-state index in [1.807, 2.05) is 12.1 Å². The highest BCUT2D eigenvalue weighted by atomic mass is 15.2. The van der Waals surface area contributed by atoms with Crippen LogP contribution in [0.15, 0.2) is 103 Å². The fraction of sp³-hybridized carbons (Fsp3) is 0.410. The molecule has 0 bridgehead atoms. The van der Waals surface area contributed by atoms with Crippen molar-refractivity contribution in [3.63, 3.8) is 0 Å². The second kappa shape index (κ2) is 13.8. The molecule has 0 N–H and O–H groups in total. The molecule has 0 unspecified atom stereocenters. The molecule has 2 aliphatic carbocycles. The fourth-order valence-electron chi connectivity index (χ4n) is 12.4. The maximum absolute atomic E-state index is 9.21. The van der Waals surface area contributed by atoms with Gasteiger partial charge in [-0.05, 0) is 174 Å². The van der Waals surface area contributed by atoms with Gasteiger partial charge in [-0.2, -0.15) is 0 Å². The van der Waals surface area contributed by atoms with Crippen LogP contribution in [0.3, 0.4) is 0 Å². The zero-order chi connectivity index (χ0) is 48.3. The summed E-state index contributed by atoms with van der Waals surface area (Å²) in [5, 5.41) is 0. The number of aryl methyl sites for hydroxylation is 2. The molecule has 64 heavy (non-hydrogen) atoms. The van der Waals surface area contributed by atoms with E-state index in [-0.39, 0.29) is 39.2 Å². The van der Waals surface area contributed by atoms with Crippen LogP contribution in [-0.2, 0) is 32.5 Å². The number of benzene rings is 6. The van der Waals surface area contributed by atoms with Crippen LogP contribution in [0.2, 0.25) is 0 Å². The van der Waals surface area contributed by atoms with E-state index in [1.165, 1.54) is 49.9 Å². The molecule has 0 spiro atoms. The minimum absolute atomic E-state index is 0.0219. The number of rotatable bonds is 3. The average molecular weight is 846 g/mol. The molecule has 6 aromatic carbocycles. The van der Waals surface area contributed by atoms with E-state index < -0.39 is 6.85 Å². The summed E-state index contributed by atoms with van der Waals surface area (Å²) in [5.74, 6) is 0. The van der Waals surface area contributed by atoms with Crippen LogP contribution in [-0.4, -0.2) is 6.71 Å². The summed E-state index contributed by atoms with van der Waals surface area (Å²) in [4.78, 5) is 4.95. The van der Waals surface area contributed by atoms with Gasteiger partial charge in [-0.3, -0.25) is 0 Å². The minimum atomic E-state index is -2.37. The molecule has 328 valence electrons. The van der Waals surface area contributed by atoms with Crippen molar-refractivity contribution in [2.45, 2.75) is 162 Å². The maximum Gasteiger partial charge on any atom is 0.252 e. The van der Waals surface area contributed by atoms with E-state index in [1.54, 1.807) is 0 Å². The smallest absolute Gasteiger partial charge is 0.252 e. The SMILES string of the molecule is [2H]C([2H])([2H])c1cc2c3c(c1)N(c1ccc(C(C)(C)C)cc1-c1ccccc1)c1cc(C(C)(C)C)ccc1B3c1cc3c(cc1N2c1cc2c(cc1C)C(C)(C)CCC2(C)C)C(C)(C)CC3(C)C. The number of hydrogen-bond donors (Lipinski definition) is 0. The predicted molar refractivity (Wildman–Crippen MR) is 279 cm³/mol. The first-order valence-corrected chi connectivity index (χ1v) is 24.0. The lowest BCUT2D eigenvalue weighted by Gasteiger charge is -2.47. The van der Waals surface area contributed by atoms with Crippen molar-refractivity contribution in [3.8, 4) is 11.1 Å². The molecule has 0 fully saturated rings. The van der Waals surface area contributed by atoms with Crippen LogP contribution in [0.1, 0.15) is 165 Å². The second-order valence-corrected chi connectivity index (χ2v) is 24.8. The predicted octanol–water partition coefficient (Wildman–Crippen LogP) is 15.0. The Kier molecular flexibility index (Phi) is 8.46. The van der Waals surface area contributed by atoms with Gasteiger partial charge in [0.2, 0.25) is 0 Å². The van der Waals surface area contributed by atoms with Crippen molar-refractivity contribution < 1.29 is 4.11 Å². The molecule has 2 nitrogen and oxygen atoms in total. The van der Waals surface area contributed by atoms with Gasteiger partial charge in [0.1, 0.15) is 0 Å². The summed E-state index contributed by atoms with van der Waals surface area (Å²) in [7, 11) is 0. The topological polar surface area (TPSA) is 6.48 Å². The molecule has 2 heterocycles. The normalized spacial score (nSPS) is 19.4. The molecule has 0 saturated carbocycles. The monoisotopic (exact) mass is 846 g/mol. The highest BCUT2D eigenvalue weighted by Crippen LogP contribution is 2.55. The third kappa shape index (κ3) is 6.48. The highest BCUT2D eigenvalue weighted by Gasteiger charge is 2.49. The van der Waals surface area contributed by atoms with E-state index in [0.29, 0.717) is 5.56 Å². The molecular formula is C61H71BN2. The summed E-state index contributed by atoms with van der Waals surface area (Å²) in [5.41, 5.74) is 21.7. The van der Waals surface area contributed by atoms with Gasteiger partial charge in [-0.25, -0.2) is 0 Å². The van der Waals surface area contributed by atoms with Crippen molar-refractivity contribution in [3.05, 3.63) is 148 Å². The molecule has 6 aromatic rings. The van der Waals surface area contributed by atoms with Crippen molar-refractivity contribution in [2.24, 2.45) is 0 Å². The number of anilines is 6. The van der Waals surface area contributed by atoms with Crippen molar-refractivity contribution in [1.29, 1.82) is 0 Å². The molecule has 0 saturated heterocycles. The van der Waals surface area contributed by atoms with E-state index in [4.69, 9.17) is 0 Å². The number of nitrogens with zero attached hydrogens (tertiary/aromatic N) is 2. The second-order valence-electron chi connectivity index (χ2n) is 24.8. The van der Waals surface area contributed by atoms with Crippen molar-refractivity contribution >= 4 is 57.2 Å². The van der Waals surface area contributed by atoms with Gasteiger partial charge in [0.15, 0.2) is 0 Å². The average Bonchev–Trinajstić information content (AvgIpc) is 3.42. The Bertz CT molecular complexity index is 3030. The molecule has 0 amide bonds.